The molecule has 0 fully saturated rings. The van der Waals surface area contributed by atoms with E-state index >= 15 is 0 Å². The number of imidazole rings is 2. The number of carbonyl (C=O) groups is 1. The lowest BCUT2D eigenvalue weighted by atomic mass is 10.1. The van der Waals surface area contributed by atoms with E-state index in [0.717, 1.165) is 41.9 Å². The molecule has 40 heavy (non-hydrogen) atoms. The van der Waals surface area contributed by atoms with Crippen LogP contribution in [0.1, 0.15) is 40.3 Å². The first kappa shape index (κ1) is 26.9. The predicted molar refractivity (Wildman–Crippen MR) is 151 cm³/mol. The van der Waals surface area contributed by atoms with Crippen molar-refractivity contribution in [3.05, 3.63) is 144 Å². The zero-order valence-electron chi connectivity index (χ0n) is 23.1. The largest absolute Gasteiger partial charge is 0.508 e. The minimum absolute atomic E-state index is 0.162. The molecular weight excluding hydrogens is 500 g/mol. The fraction of sp³-hybridized carbons (Fsp3) is 0.242. The van der Waals surface area contributed by atoms with E-state index in [-0.39, 0.29) is 13.2 Å². The molecule has 0 atom stereocenters. The van der Waals surface area contributed by atoms with Crippen molar-refractivity contribution in [3.8, 4) is 0 Å². The van der Waals surface area contributed by atoms with Crippen LogP contribution in [0.5, 0.6) is 0 Å². The van der Waals surface area contributed by atoms with Crippen molar-refractivity contribution in [2.45, 2.75) is 53.2 Å². The summed E-state index contributed by atoms with van der Waals surface area (Å²) in [6.07, 6.45) is 12.0. The number of nitrogens with zero attached hydrogens (tertiary/aromatic N) is 4. The van der Waals surface area contributed by atoms with E-state index in [4.69, 9.17) is 9.47 Å². The highest BCUT2D eigenvalue weighted by molar-refractivity contribution is 5.60. The van der Waals surface area contributed by atoms with E-state index < -0.39 is 6.16 Å². The summed E-state index contributed by atoms with van der Waals surface area (Å²) >= 11 is 0. The van der Waals surface area contributed by atoms with Gasteiger partial charge in [0.05, 0.1) is 6.54 Å². The van der Waals surface area contributed by atoms with Gasteiger partial charge in [-0.2, -0.15) is 0 Å². The van der Waals surface area contributed by atoms with Gasteiger partial charge in [-0.1, -0.05) is 72.8 Å². The molecule has 0 N–H and O–H groups in total. The highest BCUT2D eigenvalue weighted by Gasteiger charge is 2.14. The Hall–Kier alpha value is -4.65. The van der Waals surface area contributed by atoms with Gasteiger partial charge in [-0.3, -0.25) is 0 Å². The molecule has 7 nitrogen and oxygen atoms in total. The Bertz CT molecular complexity index is 1570. The lowest BCUT2D eigenvalue weighted by Gasteiger charge is -2.10. The Morgan fingerprint density at radius 1 is 0.675 bits per heavy atom. The van der Waals surface area contributed by atoms with Gasteiger partial charge in [0, 0.05) is 16.7 Å². The summed E-state index contributed by atoms with van der Waals surface area (Å²) in [7, 11) is 0. The van der Waals surface area contributed by atoms with E-state index in [1.807, 2.05) is 49.4 Å². The number of rotatable bonds is 11. The van der Waals surface area contributed by atoms with Crippen molar-refractivity contribution in [3.63, 3.8) is 0 Å². The zero-order chi connectivity index (χ0) is 27.7. The maximum absolute atomic E-state index is 12.3. The van der Waals surface area contributed by atoms with Crippen molar-refractivity contribution in [2.75, 3.05) is 0 Å². The maximum atomic E-state index is 12.3. The van der Waals surface area contributed by atoms with Gasteiger partial charge in [-0.25, -0.2) is 23.1 Å². The van der Waals surface area contributed by atoms with Gasteiger partial charge in [-0.05, 0) is 30.5 Å². The van der Waals surface area contributed by atoms with Crippen LogP contribution in [0.15, 0.2) is 110 Å². The van der Waals surface area contributed by atoms with Crippen LogP contribution in [0.3, 0.4) is 0 Å². The summed E-state index contributed by atoms with van der Waals surface area (Å²) in [5.41, 5.74) is 6.70. The first-order valence-corrected chi connectivity index (χ1v) is 13.6. The van der Waals surface area contributed by atoms with Gasteiger partial charge in [0.1, 0.15) is 57.6 Å². The zero-order valence-corrected chi connectivity index (χ0v) is 23.1. The third kappa shape index (κ3) is 7.05. The predicted octanol–water partition coefficient (Wildman–Crippen LogP) is 5.19. The number of carbonyl (C=O) groups excluding carboxylic acids is 1. The van der Waals surface area contributed by atoms with Crippen LogP contribution in [-0.2, 0) is 48.9 Å². The normalized spacial score (nSPS) is 10.9. The van der Waals surface area contributed by atoms with Crippen LogP contribution < -0.4 is 9.13 Å². The standard InChI is InChI=1S/C33H36N4O3/c1-3-34-16-17-35(25-34)20-28-11-6-7-12-29(28)21-36-18-19-37(26-36)22-30-13-8-9-15-32(30)24-40-33(38)39-23-31-14-5-4-10-27(31)2/h4-19,25-26H,3,20-24H2,1-2H3/q+2. The Balaban J connectivity index is 1.19. The minimum atomic E-state index is -0.667. The number of ether oxygens (including phenoxy) is 2. The van der Waals surface area contributed by atoms with Gasteiger partial charge >= 0.3 is 6.16 Å². The van der Waals surface area contributed by atoms with Crippen molar-refractivity contribution < 1.29 is 23.4 Å². The second-order valence-corrected chi connectivity index (χ2v) is 9.97. The van der Waals surface area contributed by atoms with Crippen LogP contribution in [0, 0.1) is 6.92 Å². The monoisotopic (exact) mass is 536 g/mol. The molecule has 0 aliphatic rings. The van der Waals surface area contributed by atoms with Crippen molar-refractivity contribution in [1.82, 2.24) is 9.13 Å². The molecule has 2 aromatic heterocycles. The molecule has 7 heteroatoms. The van der Waals surface area contributed by atoms with E-state index in [1.54, 1.807) is 0 Å². The summed E-state index contributed by atoms with van der Waals surface area (Å²) in [4.78, 5) is 12.3. The molecule has 0 aliphatic heterocycles. The summed E-state index contributed by atoms with van der Waals surface area (Å²) < 4.78 is 19.5. The van der Waals surface area contributed by atoms with Gasteiger partial charge in [0.25, 0.3) is 0 Å². The van der Waals surface area contributed by atoms with Crippen molar-refractivity contribution in [1.29, 1.82) is 0 Å². The van der Waals surface area contributed by atoms with Crippen LogP contribution in [0.4, 0.5) is 4.79 Å². The summed E-state index contributed by atoms with van der Waals surface area (Å²) in [6, 6.07) is 24.5. The SMILES string of the molecule is CCn1cc[n+](Cc2ccccc2C[n+]2ccn(Cc3ccccc3COC(=O)OCc3ccccc3C)c2)c1. The molecule has 0 saturated heterocycles. The molecule has 204 valence electrons. The molecule has 0 saturated carbocycles. The van der Waals surface area contributed by atoms with Crippen molar-refractivity contribution >= 4 is 6.16 Å². The molecule has 5 rings (SSSR count). The second-order valence-electron chi connectivity index (χ2n) is 9.97. The Kier molecular flexibility index (Phi) is 8.71. The summed E-state index contributed by atoms with van der Waals surface area (Å²) in [6.45, 7) is 7.76. The molecule has 0 aliphatic carbocycles. The third-order valence-electron chi connectivity index (χ3n) is 7.11. The summed E-state index contributed by atoms with van der Waals surface area (Å²) in [5.74, 6) is 0. The quantitative estimate of drug-likeness (QED) is 0.172. The maximum Gasteiger partial charge on any atom is 0.508 e. The van der Waals surface area contributed by atoms with Gasteiger partial charge in [0.2, 0.25) is 12.7 Å². The molecule has 0 bridgehead atoms. The Labute approximate surface area is 235 Å². The first-order valence-electron chi connectivity index (χ1n) is 13.6. The van der Waals surface area contributed by atoms with Gasteiger partial charge in [0.15, 0.2) is 0 Å². The van der Waals surface area contributed by atoms with Crippen molar-refractivity contribution in [2.24, 2.45) is 0 Å². The third-order valence-corrected chi connectivity index (χ3v) is 7.11. The highest BCUT2D eigenvalue weighted by atomic mass is 16.7. The first-order chi connectivity index (χ1) is 19.6. The molecule has 3 aromatic carbocycles. The lowest BCUT2D eigenvalue weighted by Crippen LogP contribution is -2.35. The topological polar surface area (TPSA) is 53.2 Å². The number of hydrogen-bond donors (Lipinski definition) is 0. The van der Waals surface area contributed by atoms with Crippen LogP contribution in [-0.4, -0.2) is 15.3 Å². The number of aromatic nitrogens is 4. The molecule has 0 unspecified atom stereocenters. The second kappa shape index (κ2) is 12.9. The minimum Gasteiger partial charge on any atom is -0.429 e. The van der Waals surface area contributed by atoms with E-state index in [1.165, 1.54) is 11.1 Å². The average molecular weight is 537 g/mol. The molecule has 0 spiro atoms. The average Bonchev–Trinajstić information content (AvgIpc) is 3.62. The molecule has 0 amide bonds. The van der Waals surface area contributed by atoms with Gasteiger partial charge < -0.3 is 9.47 Å². The fourth-order valence-corrected chi connectivity index (χ4v) is 4.74. The highest BCUT2D eigenvalue weighted by Crippen LogP contribution is 2.14. The lowest BCUT2D eigenvalue weighted by molar-refractivity contribution is -0.693. The number of aryl methyl sites for hydroxylation is 2. The van der Waals surface area contributed by atoms with Crippen LogP contribution >= 0.6 is 0 Å². The summed E-state index contributed by atoms with van der Waals surface area (Å²) in [5, 5.41) is 0. The van der Waals surface area contributed by atoms with E-state index in [0.29, 0.717) is 6.54 Å². The Morgan fingerprint density at radius 2 is 1.18 bits per heavy atom. The molecule has 5 aromatic rings. The van der Waals surface area contributed by atoms with E-state index in [9.17, 15) is 4.79 Å². The Morgan fingerprint density at radius 3 is 1.77 bits per heavy atom. The number of hydrogen-bond acceptors (Lipinski definition) is 3. The van der Waals surface area contributed by atoms with Gasteiger partial charge in [-0.15, -0.1) is 0 Å². The van der Waals surface area contributed by atoms with Crippen LogP contribution in [0.2, 0.25) is 0 Å². The molecule has 2 heterocycles. The number of benzene rings is 3. The fourth-order valence-electron chi connectivity index (χ4n) is 4.74. The van der Waals surface area contributed by atoms with Crippen LogP contribution in [0.25, 0.3) is 0 Å². The van der Waals surface area contributed by atoms with E-state index in [2.05, 4.69) is 93.0 Å². The molecule has 0 radical (unpaired) electrons. The molecular formula is C33H36N4O3+2. The smallest absolute Gasteiger partial charge is 0.429 e.